The van der Waals surface area contributed by atoms with Crippen molar-refractivity contribution in [1.29, 1.82) is 0 Å². The van der Waals surface area contributed by atoms with E-state index in [4.69, 9.17) is 0 Å². The Morgan fingerprint density at radius 3 is 2.59 bits per heavy atom. The molecule has 3 aromatic carbocycles. The molecule has 1 spiro atoms. The first kappa shape index (κ1) is 22.3. The Morgan fingerprint density at radius 2 is 1.82 bits per heavy atom. The molecular weight excluding hydrogens is 431 g/mol. The van der Waals surface area contributed by atoms with Crippen LogP contribution in [0.5, 0.6) is 0 Å². The van der Waals surface area contributed by atoms with Crippen molar-refractivity contribution in [1.82, 2.24) is 15.5 Å². The molecule has 2 fully saturated rings. The molecule has 0 unspecified atom stereocenters. The van der Waals surface area contributed by atoms with Crippen LogP contribution < -0.4 is 15.5 Å². The van der Waals surface area contributed by atoms with Gasteiger partial charge in [-0.1, -0.05) is 36.4 Å². The number of halogens is 1. The standard InChI is InChI=1S/C27H29FN4O2/c1-19(30-25(33)22-10-9-20-5-2-3-6-21(20)15-22)17-31-13-11-27(12-14-31)26(34)29-18-32(27)24-8-4-7-23(28)16-24/h2-10,15-16,19H,11-14,17-18H2,1H3,(H,29,34)(H,30,33)/t19-/m0/s1. The molecule has 0 bridgehead atoms. The number of fused-ring (bicyclic) bond motifs is 1. The summed E-state index contributed by atoms with van der Waals surface area (Å²) < 4.78 is 13.8. The molecule has 176 valence electrons. The highest BCUT2D eigenvalue weighted by atomic mass is 19.1. The molecule has 0 radical (unpaired) electrons. The number of hydrogen-bond acceptors (Lipinski definition) is 4. The highest BCUT2D eigenvalue weighted by Crippen LogP contribution is 2.36. The lowest BCUT2D eigenvalue weighted by Crippen LogP contribution is -2.57. The first-order valence-corrected chi connectivity index (χ1v) is 11.8. The third kappa shape index (κ3) is 4.23. The summed E-state index contributed by atoms with van der Waals surface area (Å²) in [7, 11) is 0. The molecule has 2 aliphatic heterocycles. The van der Waals surface area contributed by atoms with Gasteiger partial charge in [-0.25, -0.2) is 4.39 Å². The lowest BCUT2D eigenvalue weighted by atomic mass is 9.85. The summed E-state index contributed by atoms with van der Waals surface area (Å²) in [5.74, 6) is -0.381. The van der Waals surface area contributed by atoms with Gasteiger partial charge in [0.2, 0.25) is 5.91 Å². The number of benzene rings is 3. The molecule has 2 saturated heterocycles. The van der Waals surface area contributed by atoms with Gasteiger partial charge in [0, 0.05) is 36.9 Å². The van der Waals surface area contributed by atoms with Gasteiger partial charge in [-0.15, -0.1) is 0 Å². The molecule has 0 aromatic heterocycles. The number of carbonyl (C=O) groups excluding carboxylic acids is 2. The molecule has 7 heteroatoms. The molecule has 0 saturated carbocycles. The Kier molecular flexibility index (Phi) is 5.96. The number of rotatable bonds is 5. The topological polar surface area (TPSA) is 64.7 Å². The van der Waals surface area contributed by atoms with E-state index in [1.165, 1.54) is 12.1 Å². The van der Waals surface area contributed by atoms with Crippen LogP contribution in [0, 0.1) is 5.82 Å². The molecule has 1 atom stereocenters. The predicted octanol–water partition coefficient (Wildman–Crippen LogP) is 3.53. The third-order valence-corrected chi connectivity index (χ3v) is 7.06. The summed E-state index contributed by atoms with van der Waals surface area (Å²) in [4.78, 5) is 29.9. The van der Waals surface area contributed by atoms with Crippen molar-refractivity contribution in [2.75, 3.05) is 31.2 Å². The molecule has 2 heterocycles. The van der Waals surface area contributed by atoms with E-state index >= 15 is 0 Å². The average Bonchev–Trinajstić information content (AvgIpc) is 3.15. The van der Waals surface area contributed by atoms with Crippen molar-refractivity contribution < 1.29 is 14.0 Å². The molecule has 2 aliphatic rings. The zero-order valence-electron chi connectivity index (χ0n) is 19.3. The summed E-state index contributed by atoms with van der Waals surface area (Å²) in [6, 6.07) is 20.1. The Hall–Kier alpha value is -3.45. The van der Waals surface area contributed by atoms with Gasteiger partial charge in [0.15, 0.2) is 0 Å². The number of carbonyl (C=O) groups is 2. The summed E-state index contributed by atoms with van der Waals surface area (Å²) in [6.07, 6.45) is 1.31. The fourth-order valence-electron chi connectivity index (χ4n) is 5.24. The highest BCUT2D eigenvalue weighted by Gasteiger charge is 2.50. The smallest absolute Gasteiger partial charge is 0.251 e. The van der Waals surface area contributed by atoms with Crippen LogP contribution in [0.3, 0.4) is 0 Å². The third-order valence-electron chi connectivity index (χ3n) is 7.06. The number of hydrogen-bond donors (Lipinski definition) is 2. The number of nitrogens with zero attached hydrogens (tertiary/aromatic N) is 2. The van der Waals surface area contributed by atoms with Gasteiger partial charge in [-0.2, -0.15) is 0 Å². The fraction of sp³-hybridized carbons (Fsp3) is 0.333. The van der Waals surface area contributed by atoms with Crippen LogP contribution in [0.25, 0.3) is 10.8 Å². The van der Waals surface area contributed by atoms with E-state index in [9.17, 15) is 14.0 Å². The van der Waals surface area contributed by atoms with Gasteiger partial charge in [-0.3, -0.25) is 9.59 Å². The minimum atomic E-state index is -0.651. The zero-order valence-corrected chi connectivity index (χ0v) is 19.3. The minimum Gasteiger partial charge on any atom is -0.348 e. The Bertz CT molecular complexity index is 1220. The first-order chi connectivity index (χ1) is 16.4. The maximum Gasteiger partial charge on any atom is 0.251 e. The van der Waals surface area contributed by atoms with Crippen LogP contribution in [0.15, 0.2) is 66.7 Å². The minimum absolute atomic E-state index is 0.00840. The molecule has 34 heavy (non-hydrogen) atoms. The summed E-state index contributed by atoms with van der Waals surface area (Å²) in [5.41, 5.74) is 0.723. The maximum atomic E-state index is 13.8. The number of amides is 2. The summed E-state index contributed by atoms with van der Waals surface area (Å²) in [5, 5.41) is 8.21. The molecule has 2 N–H and O–H groups in total. The van der Waals surface area contributed by atoms with Gasteiger partial charge in [-0.05, 0) is 60.9 Å². The van der Waals surface area contributed by atoms with Gasteiger partial charge in [0.05, 0.1) is 6.67 Å². The monoisotopic (exact) mass is 460 g/mol. The van der Waals surface area contributed by atoms with Gasteiger partial charge >= 0.3 is 0 Å². The van der Waals surface area contributed by atoms with Crippen LogP contribution in [-0.2, 0) is 4.79 Å². The molecule has 5 rings (SSSR count). The second kappa shape index (κ2) is 9.06. The van der Waals surface area contributed by atoms with E-state index in [0.29, 0.717) is 31.6 Å². The summed E-state index contributed by atoms with van der Waals surface area (Å²) in [6.45, 7) is 4.56. The van der Waals surface area contributed by atoms with Gasteiger partial charge < -0.3 is 20.4 Å². The van der Waals surface area contributed by atoms with Crippen molar-refractivity contribution in [2.24, 2.45) is 0 Å². The molecular formula is C27H29FN4O2. The lowest BCUT2D eigenvalue weighted by molar-refractivity contribution is -0.125. The number of anilines is 1. The molecule has 6 nitrogen and oxygen atoms in total. The molecule has 0 aliphatic carbocycles. The number of nitrogens with one attached hydrogen (secondary N) is 2. The fourth-order valence-corrected chi connectivity index (χ4v) is 5.24. The van der Waals surface area contributed by atoms with Crippen molar-refractivity contribution >= 4 is 28.3 Å². The molecule has 3 aromatic rings. The SMILES string of the molecule is C[C@@H](CN1CCC2(CC1)C(=O)NCN2c1cccc(F)c1)NC(=O)c1ccc2ccccc2c1. The van der Waals surface area contributed by atoms with Crippen molar-refractivity contribution in [3.05, 3.63) is 78.1 Å². The maximum absolute atomic E-state index is 13.8. The van der Waals surface area contributed by atoms with Crippen LogP contribution in [-0.4, -0.2) is 54.6 Å². The van der Waals surface area contributed by atoms with Crippen molar-refractivity contribution in [3.63, 3.8) is 0 Å². The first-order valence-electron chi connectivity index (χ1n) is 11.8. The Balaban J connectivity index is 1.20. The quantitative estimate of drug-likeness (QED) is 0.612. The van der Waals surface area contributed by atoms with E-state index in [0.717, 1.165) is 29.5 Å². The van der Waals surface area contributed by atoms with E-state index in [1.807, 2.05) is 60.4 Å². The van der Waals surface area contributed by atoms with Crippen molar-refractivity contribution in [2.45, 2.75) is 31.3 Å². The van der Waals surface area contributed by atoms with Crippen LogP contribution in [0.4, 0.5) is 10.1 Å². The van der Waals surface area contributed by atoms with Gasteiger partial charge in [0.1, 0.15) is 11.4 Å². The van der Waals surface area contributed by atoms with E-state index in [-0.39, 0.29) is 23.7 Å². The zero-order chi connectivity index (χ0) is 23.7. The number of likely N-dealkylation sites (tertiary alicyclic amines) is 1. The normalized spacial score (nSPS) is 18.8. The molecule has 2 amide bonds. The van der Waals surface area contributed by atoms with Crippen LogP contribution in [0.2, 0.25) is 0 Å². The Labute approximate surface area is 198 Å². The second-order valence-electron chi connectivity index (χ2n) is 9.34. The van der Waals surface area contributed by atoms with E-state index in [1.54, 1.807) is 6.07 Å². The average molecular weight is 461 g/mol. The Morgan fingerprint density at radius 1 is 1.06 bits per heavy atom. The van der Waals surface area contributed by atoms with Crippen LogP contribution in [0.1, 0.15) is 30.1 Å². The van der Waals surface area contributed by atoms with Crippen molar-refractivity contribution in [3.8, 4) is 0 Å². The second-order valence-corrected chi connectivity index (χ2v) is 9.34. The lowest BCUT2D eigenvalue weighted by Gasteiger charge is -2.43. The van der Waals surface area contributed by atoms with E-state index in [2.05, 4.69) is 15.5 Å². The van der Waals surface area contributed by atoms with Crippen LogP contribution >= 0.6 is 0 Å². The largest absolute Gasteiger partial charge is 0.348 e. The highest BCUT2D eigenvalue weighted by molar-refractivity contribution is 5.98. The summed E-state index contributed by atoms with van der Waals surface area (Å²) >= 11 is 0. The predicted molar refractivity (Wildman–Crippen MR) is 131 cm³/mol. The number of piperidine rings is 1. The van der Waals surface area contributed by atoms with Gasteiger partial charge in [0.25, 0.3) is 5.91 Å². The van der Waals surface area contributed by atoms with E-state index < -0.39 is 5.54 Å².